The zero-order chi connectivity index (χ0) is 21.4. The summed E-state index contributed by atoms with van der Waals surface area (Å²) < 4.78 is 11.1. The molecule has 5 heterocycles. The Morgan fingerprint density at radius 1 is 1.03 bits per heavy atom. The number of nitrogens with zero attached hydrogens (tertiary/aromatic N) is 5. The van der Waals surface area contributed by atoms with Crippen molar-refractivity contribution >= 4 is 17.8 Å². The second kappa shape index (κ2) is 8.28. The van der Waals surface area contributed by atoms with Crippen molar-refractivity contribution in [2.24, 2.45) is 0 Å². The Morgan fingerprint density at radius 2 is 1.71 bits per heavy atom. The second-order valence-electron chi connectivity index (χ2n) is 8.08. The first-order valence-corrected chi connectivity index (χ1v) is 10.7. The maximum absolute atomic E-state index is 13.8. The van der Waals surface area contributed by atoms with Crippen LogP contribution in [-0.2, 0) is 28.8 Å². The molecule has 1 aromatic heterocycles. The number of rotatable bonds is 5. The molecule has 4 fully saturated rings. The maximum atomic E-state index is 13.8. The highest BCUT2D eigenvalue weighted by atomic mass is 16.9. The normalized spacial score (nSPS) is 28.5. The van der Waals surface area contributed by atoms with Crippen LogP contribution in [0.15, 0.2) is 12.4 Å². The number of likely N-dealkylation sites (tertiary alicyclic amines) is 2. The van der Waals surface area contributed by atoms with E-state index in [1.54, 1.807) is 12.4 Å². The summed E-state index contributed by atoms with van der Waals surface area (Å²) in [4.78, 5) is 55.9. The highest BCUT2D eigenvalue weighted by Gasteiger charge is 2.62. The van der Waals surface area contributed by atoms with Gasteiger partial charge in [0.15, 0.2) is 0 Å². The van der Waals surface area contributed by atoms with Crippen LogP contribution >= 0.6 is 0 Å². The van der Waals surface area contributed by atoms with E-state index in [2.05, 4.69) is 9.97 Å². The van der Waals surface area contributed by atoms with E-state index in [0.717, 1.165) is 25.7 Å². The lowest BCUT2D eigenvalue weighted by atomic mass is 10.2. The van der Waals surface area contributed by atoms with Crippen LogP contribution in [0.5, 0.6) is 0 Å². The highest BCUT2D eigenvalue weighted by Crippen LogP contribution is 2.36. The minimum Gasteiger partial charge on any atom is -0.412 e. The molecule has 4 saturated heterocycles. The summed E-state index contributed by atoms with van der Waals surface area (Å²) in [5.41, 5.74) is 0. The van der Waals surface area contributed by atoms with Gasteiger partial charge in [-0.15, -0.1) is 10.1 Å². The monoisotopic (exact) mass is 434 g/mol. The van der Waals surface area contributed by atoms with E-state index in [4.69, 9.17) is 14.4 Å². The number of imide groups is 1. The van der Waals surface area contributed by atoms with Crippen molar-refractivity contribution in [3.63, 3.8) is 0 Å². The predicted molar refractivity (Wildman–Crippen MR) is 102 cm³/mol. The van der Waals surface area contributed by atoms with Crippen molar-refractivity contribution in [1.29, 1.82) is 0 Å². The van der Waals surface area contributed by atoms with Crippen molar-refractivity contribution < 1.29 is 28.8 Å². The summed E-state index contributed by atoms with van der Waals surface area (Å²) in [6, 6.07) is -0.463. The number of aromatic amines is 1. The van der Waals surface area contributed by atoms with E-state index in [0.29, 0.717) is 43.7 Å². The molecule has 12 heteroatoms. The van der Waals surface area contributed by atoms with Gasteiger partial charge in [0.2, 0.25) is 0 Å². The number of esters is 1. The molecular formula is C19H26N6O6. The predicted octanol–water partition coefficient (Wildman–Crippen LogP) is -0.613. The SMILES string of the molecule is O=C1OC(N2CCCC2)(N2CCCC2)C(=O)N(ON2CCOCC2c2ncc[nH]2)C1=O. The van der Waals surface area contributed by atoms with Crippen LogP contribution in [0, 0.1) is 0 Å². The zero-order valence-corrected chi connectivity index (χ0v) is 17.2. The van der Waals surface area contributed by atoms with Crippen molar-refractivity contribution in [1.82, 2.24) is 29.9 Å². The number of hydrogen-bond acceptors (Lipinski definition) is 10. The summed E-state index contributed by atoms with van der Waals surface area (Å²) in [5.74, 6) is -4.00. The summed E-state index contributed by atoms with van der Waals surface area (Å²) in [7, 11) is 0. The van der Waals surface area contributed by atoms with Crippen molar-refractivity contribution in [3.8, 4) is 0 Å². The number of aromatic nitrogens is 2. The maximum Gasteiger partial charge on any atom is 0.403 e. The van der Waals surface area contributed by atoms with E-state index < -0.39 is 29.7 Å². The average Bonchev–Trinajstić information content (AvgIpc) is 3.57. The summed E-state index contributed by atoms with van der Waals surface area (Å²) in [6.45, 7) is 3.30. The van der Waals surface area contributed by atoms with Crippen molar-refractivity contribution in [2.45, 2.75) is 37.6 Å². The third-order valence-electron chi connectivity index (χ3n) is 6.23. The standard InChI is InChI=1S/C19H26N6O6/c26-16-17(27)30-19(22-7-1-2-8-22,23-9-3-4-10-23)18(28)25(16)31-24-11-12-29-13-14(24)15-20-5-6-21-15/h5-6,14H,1-4,7-13H2,(H,20,21). The van der Waals surface area contributed by atoms with E-state index in [-0.39, 0.29) is 13.2 Å². The Morgan fingerprint density at radius 3 is 2.32 bits per heavy atom. The molecule has 1 unspecified atom stereocenters. The molecule has 0 spiro atoms. The molecule has 1 aromatic rings. The molecule has 1 atom stereocenters. The first kappa shape index (κ1) is 20.5. The van der Waals surface area contributed by atoms with E-state index >= 15 is 0 Å². The van der Waals surface area contributed by atoms with Gasteiger partial charge in [0.1, 0.15) is 11.9 Å². The minimum atomic E-state index is -1.65. The van der Waals surface area contributed by atoms with Gasteiger partial charge in [0, 0.05) is 38.6 Å². The Hall–Kier alpha value is -2.38. The largest absolute Gasteiger partial charge is 0.412 e. The number of imidazole rings is 1. The van der Waals surface area contributed by atoms with Gasteiger partial charge in [-0.2, -0.15) is 4.94 Å². The first-order valence-electron chi connectivity index (χ1n) is 10.7. The Labute approximate surface area is 178 Å². The van der Waals surface area contributed by atoms with Crippen LogP contribution in [0.25, 0.3) is 0 Å². The van der Waals surface area contributed by atoms with Gasteiger partial charge in [-0.25, -0.2) is 19.6 Å². The van der Waals surface area contributed by atoms with Gasteiger partial charge in [-0.05, 0) is 25.7 Å². The number of hydrogen-bond donors (Lipinski definition) is 1. The summed E-state index contributed by atoms with van der Waals surface area (Å²) in [5, 5.41) is 2.03. The number of amides is 2. The molecule has 168 valence electrons. The van der Waals surface area contributed by atoms with Crippen LogP contribution in [0.1, 0.15) is 37.5 Å². The number of morpholine rings is 2. The molecule has 0 aromatic carbocycles. The van der Waals surface area contributed by atoms with Gasteiger partial charge in [0.25, 0.3) is 0 Å². The van der Waals surface area contributed by atoms with Gasteiger partial charge in [-0.3, -0.25) is 9.59 Å². The van der Waals surface area contributed by atoms with Crippen LogP contribution in [-0.4, -0.2) is 99.5 Å². The number of carbonyl (C=O) groups excluding carboxylic acids is 3. The third kappa shape index (κ3) is 3.44. The minimum absolute atomic E-state index is 0.261. The van der Waals surface area contributed by atoms with E-state index in [9.17, 15) is 14.4 Å². The molecule has 0 aliphatic carbocycles. The molecule has 0 radical (unpaired) electrons. The van der Waals surface area contributed by atoms with Gasteiger partial charge in [0.05, 0.1) is 19.8 Å². The lowest BCUT2D eigenvalue weighted by Crippen LogP contribution is -2.74. The molecule has 0 saturated carbocycles. The number of ether oxygens (including phenoxy) is 2. The quantitative estimate of drug-likeness (QED) is 0.365. The molecule has 4 aliphatic heterocycles. The fraction of sp³-hybridized carbons (Fsp3) is 0.684. The van der Waals surface area contributed by atoms with Crippen LogP contribution in [0.3, 0.4) is 0 Å². The molecular weight excluding hydrogens is 408 g/mol. The van der Waals surface area contributed by atoms with Crippen molar-refractivity contribution in [2.75, 3.05) is 45.9 Å². The molecule has 31 heavy (non-hydrogen) atoms. The molecule has 5 rings (SSSR count). The van der Waals surface area contributed by atoms with Gasteiger partial charge in [-0.1, -0.05) is 0 Å². The summed E-state index contributed by atoms with van der Waals surface area (Å²) >= 11 is 0. The smallest absolute Gasteiger partial charge is 0.403 e. The molecule has 12 nitrogen and oxygen atoms in total. The second-order valence-corrected chi connectivity index (χ2v) is 8.08. The Balaban J connectivity index is 1.46. The first-order chi connectivity index (χ1) is 15.1. The van der Waals surface area contributed by atoms with Crippen LogP contribution in [0.4, 0.5) is 0 Å². The molecule has 0 bridgehead atoms. The lowest BCUT2D eigenvalue weighted by molar-refractivity contribution is -0.349. The van der Waals surface area contributed by atoms with Gasteiger partial charge >= 0.3 is 23.6 Å². The highest BCUT2D eigenvalue weighted by molar-refractivity contribution is 6.37. The number of nitrogens with one attached hydrogen (secondary N) is 1. The van der Waals surface area contributed by atoms with Gasteiger partial charge < -0.3 is 14.5 Å². The number of carbonyl (C=O) groups is 3. The van der Waals surface area contributed by atoms with E-state index in [1.807, 2.05) is 9.80 Å². The van der Waals surface area contributed by atoms with Crippen LogP contribution in [0.2, 0.25) is 0 Å². The Bertz CT molecular complexity index is 819. The number of H-pyrrole nitrogens is 1. The fourth-order valence-electron chi connectivity index (χ4n) is 4.70. The topological polar surface area (TPSA) is 121 Å². The average molecular weight is 434 g/mol. The lowest BCUT2D eigenvalue weighted by Gasteiger charge is -2.48. The molecule has 2 amide bonds. The molecule has 1 N–H and O–H groups in total. The molecule has 4 aliphatic rings. The summed E-state index contributed by atoms with van der Waals surface area (Å²) in [6.07, 6.45) is 6.82. The van der Waals surface area contributed by atoms with Crippen molar-refractivity contribution in [3.05, 3.63) is 18.2 Å². The number of cyclic esters (lactones) is 1. The Kier molecular flexibility index (Phi) is 5.48. The fourth-order valence-corrected chi connectivity index (χ4v) is 4.70. The van der Waals surface area contributed by atoms with Crippen LogP contribution < -0.4 is 0 Å². The zero-order valence-electron chi connectivity index (χ0n) is 17.2. The third-order valence-corrected chi connectivity index (χ3v) is 6.23. The van der Waals surface area contributed by atoms with E-state index in [1.165, 1.54) is 5.06 Å². The number of hydroxylamine groups is 4.